The van der Waals surface area contributed by atoms with Crippen molar-refractivity contribution in [1.82, 2.24) is 9.88 Å². The van der Waals surface area contributed by atoms with Crippen LogP contribution < -0.4 is 0 Å². The number of quaternary nitrogens is 1. The van der Waals surface area contributed by atoms with Crippen molar-refractivity contribution in [2.24, 2.45) is 5.92 Å². The Morgan fingerprint density at radius 3 is 2.74 bits per heavy atom. The highest BCUT2D eigenvalue weighted by molar-refractivity contribution is 7.10. The lowest BCUT2D eigenvalue weighted by Crippen LogP contribution is -2.65. The number of hydrogen-bond donors (Lipinski definition) is 0. The van der Waals surface area contributed by atoms with Crippen molar-refractivity contribution in [3.63, 3.8) is 0 Å². The van der Waals surface area contributed by atoms with Crippen LogP contribution in [0.15, 0.2) is 36.0 Å². The van der Waals surface area contributed by atoms with Crippen LogP contribution in [0.2, 0.25) is 0 Å². The molecule has 6 rings (SSSR count). The van der Waals surface area contributed by atoms with E-state index in [2.05, 4.69) is 47.3 Å². The summed E-state index contributed by atoms with van der Waals surface area (Å²) in [6.45, 7) is 10.8. The maximum atomic E-state index is 13.9. The summed E-state index contributed by atoms with van der Waals surface area (Å²) in [6.07, 6.45) is 12.2. The predicted molar refractivity (Wildman–Crippen MR) is 137 cm³/mol. The van der Waals surface area contributed by atoms with E-state index in [4.69, 9.17) is 4.74 Å². The Labute approximate surface area is 208 Å². The van der Waals surface area contributed by atoms with Gasteiger partial charge in [0.1, 0.15) is 6.54 Å². The molecule has 1 unspecified atom stereocenters. The third-order valence-corrected chi connectivity index (χ3v) is 9.80. The van der Waals surface area contributed by atoms with Crippen LogP contribution in [0.4, 0.5) is 0 Å². The van der Waals surface area contributed by atoms with Gasteiger partial charge in [-0.3, -0.25) is 9.88 Å². The highest BCUT2D eigenvalue weighted by Gasteiger charge is 2.50. The molecule has 6 heterocycles. The third kappa shape index (κ3) is 4.82. The second-order valence-electron chi connectivity index (χ2n) is 11.0. The van der Waals surface area contributed by atoms with Crippen molar-refractivity contribution in [2.75, 3.05) is 39.3 Å². The van der Waals surface area contributed by atoms with Crippen molar-refractivity contribution in [3.05, 3.63) is 52.0 Å². The van der Waals surface area contributed by atoms with Crippen LogP contribution in [-0.4, -0.2) is 65.7 Å². The maximum Gasteiger partial charge on any atom is 0.332 e. The molecule has 5 nitrogen and oxygen atoms in total. The molecule has 4 aliphatic heterocycles. The van der Waals surface area contributed by atoms with Crippen molar-refractivity contribution in [2.45, 2.75) is 70.4 Å². The number of aryl methyl sites for hydroxylation is 2. The Bertz CT molecular complexity index is 964. The lowest BCUT2D eigenvalue weighted by atomic mass is 9.82. The fourth-order valence-corrected chi connectivity index (χ4v) is 7.48. The molecule has 0 aromatic carbocycles. The molecule has 0 saturated carbocycles. The number of nitrogens with zero attached hydrogens (tertiary/aromatic N) is 3. The first-order valence-corrected chi connectivity index (χ1v) is 14.1. The molecule has 4 saturated heterocycles. The van der Waals surface area contributed by atoms with E-state index in [0.29, 0.717) is 5.92 Å². The number of hydrogen-bond acceptors (Lipinski definition) is 5. The van der Waals surface area contributed by atoms with E-state index in [1.807, 2.05) is 12.4 Å². The molecule has 2 atom stereocenters. The van der Waals surface area contributed by atoms with E-state index in [9.17, 15) is 4.79 Å². The summed E-state index contributed by atoms with van der Waals surface area (Å²) in [4.78, 5) is 21.7. The molecule has 2 aromatic rings. The topological polar surface area (TPSA) is 42.4 Å². The Balaban J connectivity index is 1.26. The summed E-state index contributed by atoms with van der Waals surface area (Å²) in [6, 6.07) is 6.44. The van der Waals surface area contributed by atoms with Gasteiger partial charge >= 0.3 is 5.97 Å². The molecule has 2 bridgehead atoms. The summed E-state index contributed by atoms with van der Waals surface area (Å²) in [5.74, 6) is 0.499. The van der Waals surface area contributed by atoms with Gasteiger partial charge in [-0.15, -0.1) is 11.3 Å². The molecule has 4 aliphatic rings. The monoisotopic (exact) mass is 482 g/mol. The van der Waals surface area contributed by atoms with E-state index in [1.54, 1.807) is 11.3 Å². The average Bonchev–Trinajstić information content (AvgIpc) is 3.40. The standard InChI is InChI=1S/C28H40N3O2S/c1-22-18-23(20-29-19-22)8-6-14-31-15-10-24(11-16-31)25(21-31)33-27(32)28(2,26-9-7-17-34-26)30-12-4-3-5-13-30/h7,9,17-20,24-25H,3-6,8,10-16,21H2,1-2H3/q+1/t24?,25-,28?,31?/m0/s1. The Kier molecular flexibility index (Phi) is 7.10. The largest absolute Gasteiger partial charge is 0.454 e. The second kappa shape index (κ2) is 10.1. The highest BCUT2D eigenvalue weighted by atomic mass is 32.1. The third-order valence-electron chi connectivity index (χ3n) is 8.72. The summed E-state index contributed by atoms with van der Waals surface area (Å²) < 4.78 is 7.59. The maximum absolute atomic E-state index is 13.9. The summed E-state index contributed by atoms with van der Waals surface area (Å²) in [5.41, 5.74) is 1.91. The van der Waals surface area contributed by atoms with Crippen LogP contribution in [0.25, 0.3) is 0 Å². The number of esters is 1. The number of rotatable bonds is 8. The van der Waals surface area contributed by atoms with E-state index in [0.717, 1.165) is 54.7 Å². The van der Waals surface area contributed by atoms with E-state index in [-0.39, 0.29) is 12.1 Å². The normalized spacial score (nSPS) is 29.0. The molecule has 4 fully saturated rings. The minimum absolute atomic E-state index is 0.0282. The number of carbonyl (C=O) groups excluding carboxylic acids is 1. The molecule has 0 aliphatic carbocycles. The van der Waals surface area contributed by atoms with Crippen molar-refractivity contribution < 1.29 is 14.0 Å². The van der Waals surface area contributed by atoms with E-state index < -0.39 is 5.54 Å². The Morgan fingerprint density at radius 2 is 2.03 bits per heavy atom. The summed E-state index contributed by atoms with van der Waals surface area (Å²) >= 11 is 1.69. The van der Waals surface area contributed by atoms with Crippen LogP contribution in [-0.2, 0) is 21.5 Å². The van der Waals surface area contributed by atoms with Crippen LogP contribution in [0.5, 0.6) is 0 Å². The van der Waals surface area contributed by atoms with Gasteiger partial charge < -0.3 is 9.22 Å². The van der Waals surface area contributed by atoms with Crippen LogP contribution in [0.1, 0.15) is 61.5 Å². The minimum atomic E-state index is -0.663. The quantitative estimate of drug-likeness (QED) is 0.395. The SMILES string of the molecule is Cc1cncc(CCC[N+]23CCC(CC2)[C@@H](OC(=O)C(C)(c2cccs2)N2CCCCC2)C3)c1. The predicted octanol–water partition coefficient (Wildman–Crippen LogP) is 4.94. The first kappa shape index (κ1) is 24.0. The molecule has 0 radical (unpaired) electrons. The molecule has 184 valence electrons. The molecule has 0 amide bonds. The zero-order valence-corrected chi connectivity index (χ0v) is 21.7. The summed E-state index contributed by atoms with van der Waals surface area (Å²) in [7, 11) is 0. The number of carbonyl (C=O) groups is 1. The first-order valence-electron chi connectivity index (χ1n) is 13.2. The molecular weight excluding hydrogens is 442 g/mol. The number of ether oxygens (including phenoxy) is 1. The van der Waals surface area contributed by atoms with Gasteiger partial charge in [0.15, 0.2) is 11.6 Å². The first-order chi connectivity index (χ1) is 16.5. The van der Waals surface area contributed by atoms with Crippen LogP contribution in [0.3, 0.4) is 0 Å². The second-order valence-corrected chi connectivity index (χ2v) is 12.0. The number of pyridine rings is 1. The number of thiophene rings is 1. The average molecular weight is 483 g/mol. The number of fused-ring (bicyclic) bond motifs is 3. The van der Waals surface area contributed by atoms with Gasteiger partial charge in [-0.05, 0) is 68.8 Å². The smallest absolute Gasteiger partial charge is 0.332 e. The van der Waals surface area contributed by atoms with E-state index >= 15 is 0 Å². The zero-order chi connectivity index (χ0) is 23.6. The lowest BCUT2D eigenvalue weighted by Gasteiger charge is -2.52. The molecule has 2 aromatic heterocycles. The van der Waals surface area contributed by atoms with Crippen molar-refractivity contribution >= 4 is 17.3 Å². The number of aromatic nitrogens is 1. The van der Waals surface area contributed by atoms with Gasteiger partial charge in [0.05, 0.1) is 19.6 Å². The Hall–Kier alpha value is -1.76. The molecule has 6 heteroatoms. The van der Waals surface area contributed by atoms with Crippen LogP contribution >= 0.6 is 11.3 Å². The van der Waals surface area contributed by atoms with E-state index in [1.165, 1.54) is 50.0 Å². The van der Waals surface area contributed by atoms with Gasteiger partial charge in [-0.25, -0.2) is 4.79 Å². The number of likely N-dealkylation sites (tertiary alicyclic amines) is 1. The fourth-order valence-electron chi connectivity index (χ4n) is 6.58. The summed E-state index contributed by atoms with van der Waals surface area (Å²) in [5, 5.41) is 2.09. The van der Waals surface area contributed by atoms with Crippen LogP contribution in [0, 0.1) is 12.8 Å². The number of piperidine rings is 4. The van der Waals surface area contributed by atoms with Crippen molar-refractivity contribution in [3.8, 4) is 0 Å². The van der Waals surface area contributed by atoms with Gasteiger partial charge in [0.25, 0.3) is 0 Å². The highest BCUT2D eigenvalue weighted by Crippen LogP contribution is 2.40. The lowest BCUT2D eigenvalue weighted by molar-refractivity contribution is -0.946. The Morgan fingerprint density at radius 1 is 1.24 bits per heavy atom. The van der Waals surface area contributed by atoms with Gasteiger partial charge in [-0.2, -0.15) is 0 Å². The van der Waals surface area contributed by atoms with Gasteiger partial charge in [0.2, 0.25) is 0 Å². The van der Waals surface area contributed by atoms with Crippen molar-refractivity contribution in [1.29, 1.82) is 0 Å². The molecule has 0 spiro atoms. The minimum Gasteiger partial charge on any atom is -0.454 e. The fraction of sp³-hybridized carbons (Fsp3) is 0.643. The molecule has 34 heavy (non-hydrogen) atoms. The zero-order valence-electron chi connectivity index (χ0n) is 20.9. The molecule has 0 N–H and O–H groups in total. The molecular formula is C28H40N3O2S+. The van der Waals surface area contributed by atoms with Gasteiger partial charge in [0, 0.05) is 42.5 Å². The van der Waals surface area contributed by atoms with Gasteiger partial charge in [-0.1, -0.05) is 18.6 Å².